The molecule has 1 aliphatic rings. The second-order valence-corrected chi connectivity index (χ2v) is 4.49. The van der Waals surface area contributed by atoms with Crippen molar-refractivity contribution in [3.63, 3.8) is 0 Å². The summed E-state index contributed by atoms with van der Waals surface area (Å²) in [5.74, 6) is 0. The predicted octanol–water partition coefficient (Wildman–Crippen LogP) is 0.845. The van der Waals surface area contributed by atoms with Crippen LogP contribution >= 0.6 is 0 Å². The number of aliphatic hydroxyl groups is 1. The summed E-state index contributed by atoms with van der Waals surface area (Å²) in [6.45, 7) is 3.07. The Labute approximate surface area is 90.5 Å². The summed E-state index contributed by atoms with van der Waals surface area (Å²) in [6, 6.07) is 6.11. The van der Waals surface area contributed by atoms with E-state index in [2.05, 4.69) is 24.1 Å². The number of fused-ring (bicyclic) bond motifs is 1. The molecule has 3 heteroatoms. The standard InChI is InChI=1S/C12H18N2O/c1-12(15,8-13)10-3-4-11-9(7-10)5-6-14(11)2/h3-4,7,15H,5-6,8,13H2,1-2H3. The SMILES string of the molecule is CN1CCc2cc(C(C)(O)CN)ccc21. The van der Waals surface area contributed by atoms with Crippen LogP contribution < -0.4 is 10.6 Å². The largest absolute Gasteiger partial charge is 0.384 e. The van der Waals surface area contributed by atoms with Crippen molar-refractivity contribution in [2.45, 2.75) is 18.9 Å². The second kappa shape index (κ2) is 3.51. The van der Waals surface area contributed by atoms with Crippen LogP contribution in [-0.2, 0) is 12.0 Å². The zero-order valence-electron chi connectivity index (χ0n) is 9.33. The van der Waals surface area contributed by atoms with Crippen molar-refractivity contribution in [2.24, 2.45) is 5.73 Å². The van der Waals surface area contributed by atoms with E-state index >= 15 is 0 Å². The van der Waals surface area contributed by atoms with E-state index in [4.69, 9.17) is 5.73 Å². The third kappa shape index (κ3) is 1.73. The fourth-order valence-corrected chi connectivity index (χ4v) is 2.02. The van der Waals surface area contributed by atoms with Crippen LogP contribution in [0.3, 0.4) is 0 Å². The maximum Gasteiger partial charge on any atom is 0.0990 e. The van der Waals surface area contributed by atoms with Crippen LogP contribution in [0.4, 0.5) is 5.69 Å². The molecule has 0 radical (unpaired) electrons. The minimum atomic E-state index is -0.907. The van der Waals surface area contributed by atoms with Crippen LogP contribution in [0.1, 0.15) is 18.1 Å². The molecule has 0 bridgehead atoms. The molecular formula is C12H18N2O. The molecule has 0 aliphatic carbocycles. The van der Waals surface area contributed by atoms with E-state index in [1.54, 1.807) is 6.92 Å². The lowest BCUT2D eigenvalue weighted by Crippen LogP contribution is -2.31. The summed E-state index contributed by atoms with van der Waals surface area (Å²) in [7, 11) is 2.09. The molecule has 0 spiro atoms. The Kier molecular flexibility index (Phi) is 2.44. The quantitative estimate of drug-likeness (QED) is 0.754. The summed E-state index contributed by atoms with van der Waals surface area (Å²) >= 11 is 0. The van der Waals surface area contributed by atoms with Crippen LogP contribution in [0.15, 0.2) is 18.2 Å². The van der Waals surface area contributed by atoms with Crippen LogP contribution in [0, 0.1) is 0 Å². The van der Waals surface area contributed by atoms with Gasteiger partial charge in [0.2, 0.25) is 0 Å². The molecule has 15 heavy (non-hydrogen) atoms. The van der Waals surface area contributed by atoms with E-state index in [0.29, 0.717) is 0 Å². The Morgan fingerprint density at radius 1 is 1.53 bits per heavy atom. The van der Waals surface area contributed by atoms with Crippen LogP contribution in [-0.4, -0.2) is 25.2 Å². The molecule has 1 atom stereocenters. The lowest BCUT2D eigenvalue weighted by molar-refractivity contribution is 0.0668. The molecule has 1 aromatic rings. The summed E-state index contributed by atoms with van der Waals surface area (Å²) in [6.07, 6.45) is 1.06. The number of benzene rings is 1. The fourth-order valence-electron chi connectivity index (χ4n) is 2.02. The first-order chi connectivity index (χ1) is 7.04. The maximum atomic E-state index is 10.1. The van der Waals surface area contributed by atoms with E-state index in [0.717, 1.165) is 18.5 Å². The monoisotopic (exact) mass is 206 g/mol. The van der Waals surface area contributed by atoms with E-state index in [-0.39, 0.29) is 6.54 Å². The Morgan fingerprint density at radius 3 is 2.93 bits per heavy atom. The first-order valence-corrected chi connectivity index (χ1v) is 5.31. The molecule has 2 rings (SSSR count). The lowest BCUT2D eigenvalue weighted by atomic mass is 9.94. The molecule has 82 valence electrons. The highest BCUT2D eigenvalue weighted by molar-refractivity contribution is 5.59. The van der Waals surface area contributed by atoms with Gasteiger partial charge in [-0.05, 0) is 30.5 Å². The Balaban J connectivity index is 2.39. The molecule has 1 unspecified atom stereocenters. The van der Waals surface area contributed by atoms with Crippen LogP contribution in [0.25, 0.3) is 0 Å². The average molecular weight is 206 g/mol. The van der Waals surface area contributed by atoms with Crippen molar-refractivity contribution in [1.82, 2.24) is 0 Å². The Morgan fingerprint density at radius 2 is 2.27 bits per heavy atom. The first-order valence-electron chi connectivity index (χ1n) is 5.31. The molecule has 1 aromatic carbocycles. The van der Waals surface area contributed by atoms with Crippen molar-refractivity contribution < 1.29 is 5.11 Å². The highest BCUT2D eigenvalue weighted by Crippen LogP contribution is 2.30. The van der Waals surface area contributed by atoms with Crippen molar-refractivity contribution in [3.05, 3.63) is 29.3 Å². The Hall–Kier alpha value is -1.06. The molecule has 0 fully saturated rings. The molecule has 0 aromatic heterocycles. The number of nitrogens with zero attached hydrogens (tertiary/aromatic N) is 1. The summed E-state index contributed by atoms with van der Waals surface area (Å²) in [4.78, 5) is 2.23. The topological polar surface area (TPSA) is 49.5 Å². The van der Waals surface area contributed by atoms with Crippen LogP contribution in [0.5, 0.6) is 0 Å². The summed E-state index contributed by atoms with van der Waals surface area (Å²) < 4.78 is 0. The molecule has 0 saturated carbocycles. The highest BCUT2D eigenvalue weighted by atomic mass is 16.3. The minimum absolute atomic E-state index is 0.252. The molecule has 3 nitrogen and oxygen atoms in total. The van der Waals surface area contributed by atoms with Gasteiger partial charge in [0.15, 0.2) is 0 Å². The third-order valence-corrected chi connectivity index (χ3v) is 3.23. The van der Waals surface area contributed by atoms with E-state index in [9.17, 15) is 5.11 Å². The number of rotatable bonds is 2. The number of hydrogen-bond donors (Lipinski definition) is 2. The van der Waals surface area contributed by atoms with Gasteiger partial charge < -0.3 is 15.7 Å². The Bertz CT molecular complexity index is 374. The first kappa shape index (κ1) is 10.5. The van der Waals surface area contributed by atoms with Crippen molar-refractivity contribution in [3.8, 4) is 0 Å². The number of hydrogen-bond acceptors (Lipinski definition) is 3. The van der Waals surface area contributed by atoms with Crippen LogP contribution in [0.2, 0.25) is 0 Å². The summed E-state index contributed by atoms with van der Waals surface area (Å²) in [5.41, 5.74) is 8.14. The lowest BCUT2D eigenvalue weighted by Gasteiger charge is -2.22. The van der Waals surface area contributed by atoms with Crippen molar-refractivity contribution in [1.29, 1.82) is 0 Å². The molecular weight excluding hydrogens is 188 g/mol. The van der Waals surface area contributed by atoms with Gasteiger partial charge in [-0.1, -0.05) is 12.1 Å². The second-order valence-electron chi connectivity index (χ2n) is 4.49. The van der Waals surface area contributed by atoms with Gasteiger partial charge in [0.05, 0.1) is 5.60 Å². The molecule has 1 heterocycles. The van der Waals surface area contributed by atoms with Gasteiger partial charge in [-0.25, -0.2) is 0 Å². The minimum Gasteiger partial charge on any atom is -0.384 e. The zero-order valence-corrected chi connectivity index (χ0v) is 9.33. The van der Waals surface area contributed by atoms with Gasteiger partial charge in [0.1, 0.15) is 0 Å². The van der Waals surface area contributed by atoms with E-state index in [1.807, 2.05) is 6.07 Å². The third-order valence-electron chi connectivity index (χ3n) is 3.23. The smallest absolute Gasteiger partial charge is 0.0990 e. The molecule has 3 N–H and O–H groups in total. The number of likely N-dealkylation sites (N-methyl/N-ethyl adjacent to an activating group) is 1. The van der Waals surface area contributed by atoms with Gasteiger partial charge in [-0.2, -0.15) is 0 Å². The average Bonchev–Trinajstić information content (AvgIpc) is 2.60. The van der Waals surface area contributed by atoms with E-state index < -0.39 is 5.60 Å². The summed E-state index contributed by atoms with van der Waals surface area (Å²) in [5, 5.41) is 10.1. The van der Waals surface area contributed by atoms with E-state index in [1.165, 1.54) is 11.3 Å². The number of anilines is 1. The number of nitrogens with two attached hydrogens (primary N) is 1. The molecule has 1 aliphatic heterocycles. The van der Waals surface area contributed by atoms with Gasteiger partial charge in [-0.15, -0.1) is 0 Å². The molecule has 0 amide bonds. The zero-order chi connectivity index (χ0) is 11.1. The van der Waals surface area contributed by atoms with Gasteiger partial charge >= 0.3 is 0 Å². The van der Waals surface area contributed by atoms with Crippen molar-refractivity contribution >= 4 is 5.69 Å². The maximum absolute atomic E-state index is 10.1. The normalized spacial score (nSPS) is 18.8. The predicted molar refractivity (Wildman–Crippen MR) is 62.0 cm³/mol. The highest BCUT2D eigenvalue weighted by Gasteiger charge is 2.24. The van der Waals surface area contributed by atoms with Gasteiger partial charge in [0, 0.05) is 25.8 Å². The van der Waals surface area contributed by atoms with Crippen molar-refractivity contribution in [2.75, 3.05) is 25.0 Å². The van der Waals surface area contributed by atoms with Gasteiger partial charge in [0.25, 0.3) is 0 Å². The molecule has 0 saturated heterocycles. The fraction of sp³-hybridized carbons (Fsp3) is 0.500. The van der Waals surface area contributed by atoms with Gasteiger partial charge in [-0.3, -0.25) is 0 Å².